The number of aromatic amines is 1. The lowest BCUT2D eigenvalue weighted by Crippen LogP contribution is -2.37. The molecule has 0 aliphatic rings. The standard InChI is InChI=1S/C9H13N3O4/c1-3-6(2)5-11-8(13)7(12(15)16)4-10-9(11)14/h4,6H,3,5H2,1-2H3,(H,10,14). The SMILES string of the molecule is CCC(C)Cn1c(=O)[nH]cc([N+](=O)[O-])c1=O. The van der Waals surface area contributed by atoms with Crippen molar-refractivity contribution in [2.75, 3.05) is 0 Å². The lowest BCUT2D eigenvalue weighted by Gasteiger charge is -2.09. The van der Waals surface area contributed by atoms with E-state index >= 15 is 0 Å². The fraction of sp³-hybridized carbons (Fsp3) is 0.556. The molecule has 1 N–H and O–H groups in total. The molecule has 0 amide bonds. The van der Waals surface area contributed by atoms with E-state index in [2.05, 4.69) is 4.98 Å². The summed E-state index contributed by atoms with van der Waals surface area (Å²) in [5, 5.41) is 10.5. The Morgan fingerprint density at radius 3 is 2.69 bits per heavy atom. The highest BCUT2D eigenvalue weighted by molar-refractivity contribution is 5.20. The van der Waals surface area contributed by atoms with Gasteiger partial charge < -0.3 is 4.98 Å². The molecule has 0 saturated heterocycles. The van der Waals surface area contributed by atoms with Gasteiger partial charge in [-0.15, -0.1) is 0 Å². The number of nitro groups is 1. The summed E-state index contributed by atoms with van der Waals surface area (Å²) in [5.41, 5.74) is -2.08. The first kappa shape index (κ1) is 12.2. The largest absolute Gasteiger partial charge is 0.350 e. The van der Waals surface area contributed by atoms with Crippen LogP contribution in [-0.4, -0.2) is 14.5 Å². The van der Waals surface area contributed by atoms with Gasteiger partial charge in [0.05, 0.1) is 11.1 Å². The van der Waals surface area contributed by atoms with Gasteiger partial charge in [-0.2, -0.15) is 0 Å². The van der Waals surface area contributed by atoms with Crippen LogP contribution in [0.5, 0.6) is 0 Å². The Balaban J connectivity index is 3.27. The molecule has 0 aromatic carbocycles. The van der Waals surface area contributed by atoms with Gasteiger partial charge in [0.2, 0.25) is 0 Å². The second kappa shape index (κ2) is 4.73. The molecule has 1 unspecified atom stereocenters. The van der Waals surface area contributed by atoms with Crippen LogP contribution in [0.4, 0.5) is 5.69 Å². The summed E-state index contributed by atoms with van der Waals surface area (Å²) in [4.78, 5) is 34.8. The third kappa shape index (κ3) is 2.36. The molecule has 0 saturated carbocycles. The first-order chi connectivity index (χ1) is 7.47. The van der Waals surface area contributed by atoms with E-state index in [0.29, 0.717) is 0 Å². The van der Waals surface area contributed by atoms with E-state index in [9.17, 15) is 19.7 Å². The van der Waals surface area contributed by atoms with Crippen molar-refractivity contribution in [1.82, 2.24) is 9.55 Å². The van der Waals surface area contributed by atoms with Crippen LogP contribution in [-0.2, 0) is 6.54 Å². The van der Waals surface area contributed by atoms with E-state index in [1.165, 1.54) is 0 Å². The highest BCUT2D eigenvalue weighted by Gasteiger charge is 2.17. The average molecular weight is 227 g/mol. The Labute approximate surface area is 90.9 Å². The number of hydrogen-bond donors (Lipinski definition) is 1. The van der Waals surface area contributed by atoms with Gasteiger partial charge in [-0.25, -0.2) is 4.79 Å². The molecular formula is C9H13N3O4. The van der Waals surface area contributed by atoms with Crippen molar-refractivity contribution in [2.24, 2.45) is 5.92 Å². The summed E-state index contributed by atoms with van der Waals surface area (Å²) in [5.74, 6) is 0.112. The van der Waals surface area contributed by atoms with Crippen LogP contribution in [0.1, 0.15) is 20.3 Å². The smallest absolute Gasteiger partial charge is 0.307 e. The molecule has 0 fully saturated rings. The number of nitrogens with zero attached hydrogens (tertiary/aromatic N) is 2. The molecule has 0 bridgehead atoms. The quantitative estimate of drug-likeness (QED) is 0.597. The first-order valence-corrected chi connectivity index (χ1v) is 4.94. The molecule has 0 aliphatic heterocycles. The summed E-state index contributed by atoms with van der Waals surface area (Å²) in [6.07, 6.45) is 1.62. The van der Waals surface area contributed by atoms with Crippen LogP contribution in [0, 0.1) is 16.0 Å². The molecule has 7 heteroatoms. The zero-order chi connectivity index (χ0) is 12.3. The fourth-order valence-corrected chi connectivity index (χ4v) is 1.24. The number of aromatic nitrogens is 2. The Bertz CT molecular complexity index is 502. The zero-order valence-corrected chi connectivity index (χ0v) is 9.10. The summed E-state index contributed by atoms with van der Waals surface area (Å²) < 4.78 is 0.867. The summed E-state index contributed by atoms with van der Waals surface area (Å²) in [6.45, 7) is 3.97. The first-order valence-electron chi connectivity index (χ1n) is 4.94. The van der Waals surface area contributed by atoms with Crippen molar-refractivity contribution in [3.8, 4) is 0 Å². The third-order valence-corrected chi connectivity index (χ3v) is 2.43. The number of hydrogen-bond acceptors (Lipinski definition) is 4. The lowest BCUT2D eigenvalue weighted by atomic mass is 10.1. The van der Waals surface area contributed by atoms with E-state index in [4.69, 9.17) is 0 Å². The summed E-state index contributed by atoms with van der Waals surface area (Å²) in [6, 6.07) is 0. The van der Waals surface area contributed by atoms with Crippen molar-refractivity contribution in [1.29, 1.82) is 0 Å². The van der Waals surface area contributed by atoms with Crippen molar-refractivity contribution < 1.29 is 4.92 Å². The molecule has 1 atom stereocenters. The van der Waals surface area contributed by atoms with Crippen LogP contribution < -0.4 is 11.2 Å². The summed E-state index contributed by atoms with van der Waals surface area (Å²) >= 11 is 0. The van der Waals surface area contributed by atoms with Crippen LogP contribution in [0.3, 0.4) is 0 Å². The molecular weight excluding hydrogens is 214 g/mol. The lowest BCUT2D eigenvalue weighted by molar-refractivity contribution is -0.386. The zero-order valence-electron chi connectivity index (χ0n) is 9.10. The Hall–Kier alpha value is -1.92. The molecule has 1 heterocycles. The maximum absolute atomic E-state index is 11.6. The predicted molar refractivity (Wildman–Crippen MR) is 57.4 cm³/mol. The van der Waals surface area contributed by atoms with Gasteiger partial charge in [0.25, 0.3) is 0 Å². The molecule has 7 nitrogen and oxygen atoms in total. The predicted octanol–water partition coefficient (Wildman–Crippen LogP) is 0.491. The van der Waals surface area contributed by atoms with Gasteiger partial charge in [-0.1, -0.05) is 20.3 Å². The maximum atomic E-state index is 11.6. The van der Waals surface area contributed by atoms with Gasteiger partial charge in [0.15, 0.2) is 0 Å². The van der Waals surface area contributed by atoms with Crippen molar-refractivity contribution in [3.05, 3.63) is 37.1 Å². The average Bonchev–Trinajstić information content (AvgIpc) is 2.23. The van der Waals surface area contributed by atoms with E-state index in [1.54, 1.807) is 0 Å². The van der Waals surface area contributed by atoms with Gasteiger partial charge in [-0.3, -0.25) is 19.5 Å². The van der Waals surface area contributed by atoms with Crippen molar-refractivity contribution >= 4 is 5.69 Å². The van der Waals surface area contributed by atoms with Crippen molar-refractivity contribution in [2.45, 2.75) is 26.8 Å². The minimum atomic E-state index is -0.853. The molecule has 1 aromatic heterocycles. The van der Waals surface area contributed by atoms with Gasteiger partial charge in [-0.05, 0) is 5.92 Å². The second-order valence-electron chi connectivity index (χ2n) is 3.67. The third-order valence-electron chi connectivity index (χ3n) is 2.43. The maximum Gasteiger partial charge on any atom is 0.350 e. The fourth-order valence-electron chi connectivity index (χ4n) is 1.24. The van der Waals surface area contributed by atoms with Gasteiger partial charge in [0, 0.05) is 6.54 Å². The van der Waals surface area contributed by atoms with Crippen LogP contribution in [0.25, 0.3) is 0 Å². The minimum Gasteiger partial charge on any atom is -0.307 e. The Kier molecular flexibility index (Phi) is 3.60. The van der Waals surface area contributed by atoms with Crippen LogP contribution in [0.2, 0.25) is 0 Å². The number of nitrogens with one attached hydrogen (secondary N) is 1. The number of H-pyrrole nitrogens is 1. The van der Waals surface area contributed by atoms with Crippen LogP contribution in [0.15, 0.2) is 15.8 Å². The van der Waals surface area contributed by atoms with E-state index in [-0.39, 0.29) is 12.5 Å². The van der Waals surface area contributed by atoms with Gasteiger partial charge in [0.1, 0.15) is 0 Å². The molecule has 0 aliphatic carbocycles. The van der Waals surface area contributed by atoms with Gasteiger partial charge >= 0.3 is 16.9 Å². The molecule has 1 aromatic rings. The highest BCUT2D eigenvalue weighted by Crippen LogP contribution is 2.03. The van der Waals surface area contributed by atoms with E-state index < -0.39 is 21.9 Å². The highest BCUT2D eigenvalue weighted by atomic mass is 16.6. The molecule has 0 radical (unpaired) electrons. The van der Waals surface area contributed by atoms with Crippen molar-refractivity contribution in [3.63, 3.8) is 0 Å². The molecule has 0 spiro atoms. The van der Waals surface area contributed by atoms with E-state index in [0.717, 1.165) is 17.2 Å². The normalized spacial score (nSPS) is 12.4. The monoisotopic (exact) mass is 227 g/mol. The molecule has 88 valence electrons. The molecule has 1 rings (SSSR count). The minimum absolute atomic E-state index is 0.112. The van der Waals surface area contributed by atoms with Crippen LogP contribution >= 0.6 is 0 Å². The second-order valence-corrected chi connectivity index (χ2v) is 3.67. The topological polar surface area (TPSA) is 98.0 Å². The summed E-state index contributed by atoms with van der Waals surface area (Å²) in [7, 11) is 0. The number of rotatable bonds is 4. The van der Waals surface area contributed by atoms with E-state index in [1.807, 2.05) is 13.8 Å². The molecule has 16 heavy (non-hydrogen) atoms. The Morgan fingerprint density at radius 2 is 2.19 bits per heavy atom. The Morgan fingerprint density at radius 1 is 1.56 bits per heavy atom.